The first-order valence-electron chi connectivity index (χ1n) is 6.91. The molecule has 2 aromatic carbocycles. The molecule has 2 rings (SSSR count). The van der Waals surface area contributed by atoms with E-state index in [1.165, 1.54) is 5.56 Å². The maximum Gasteiger partial charge on any atom is 0.0453 e. The molecule has 1 N–H and O–H groups in total. The molecule has 0 radical (unpaired) electrons. The Labute approximate surface area is 130 Å². The van der Waals surface area contributed by atoms with Gasteiger partial charge in [0.05, 0.1) is 0 Å². The Morgan fingerprint density at radius 2 is 1.55 bits per heavy atom. The van der Waals surface area contributed by atoms with Gasteiger partial charge in [-0.2, -0.15) is 0 Å². The van der Waals surface area contributed by atoms with Crippen molar-refractivity contribution in [2.45, 2.75) is 25.8 Å². The van der Waals surface area contributed by atoms with Gasteiger partial charge in [-0.25, -0.2) is 0 Å². The highest BCUT2D eigenvalue weighted by molar-refractivity contribution is 6.36. The van der Waals surface area contributed by atoms with Crippen LogP contribution in [0.25, 0.3) is 0 Å². The van der Waals surface area contributed by atoms with Gasteiger partial charge in [0.1, 0.15) is 0 Å². The summed E-state index contributed by atoms with van der Waals surface area (Å²) in [4.78, 5) is 0. The van der Waals surface area contributed by atoms with Gasteiger partial charge in [0.2, 0.25) is 0 Å². The molecule has 2 aromatic rings. The first kappa shape index (κ1) is 15.4. The van der Waals surface area contributed by atoms with Crippen LogP contribution in [0.5, 0.6) is 0 Å². The molecule has 0 aliphatic rings. The summed E-state index contributed by atoms with van der Waals surface area (Å²) >= 11 is 12.5. The van der Waals surface area contributed by atoms with E-state index in [0.717, 1.165) is 35.0 Å². The van der Waals surface area contributed by atoms with Gasteiger partial charge in [0, 0.05) is 16.1 Å². The van der Waals surface area contributed by atoms with Gasteiger partial charge in [0.25, 0.3) is 0 Å². The fourth-order valence-corrected chi connectivity index (χ4v) is 2.93. The van der Waals surface area contributed by atoms with E-state index in [-0.39, 0.29) is 0 Å². The molecule has 106 valence electrons. The molecule has 0 bridgehead atoms. The van der Waals surface area contributed by atoms with Crippen LogP contribution in [0.2, 0.25) is 10.0 Å². The molecule has 20 heavy (non-hydrogen) atoms. The highest BCUT2D eigenvalue weighted by Gasteiger charge is 2.14. The molecule has 0 heterocycles. The number of likely N-dealkylation sites (N-methyl/N-ethyl adjacent to an activating group) is 1. The van der Waals surface area contributed by atoms with Crippen LogP contribution in [0.3, 0.4) is 0 Å². The van der Waals surface area contributed by atoms with Crippen molar-refractivity contribution in [3.63, 3.8) is 0 Å². The molecule has 0 amide bonds. The number of rotatable bonds is 6. The Morgan fingerprint density at radius 3 is 2.15 bits per heavy atom. The highest BCUT2D eigenvalue weighted by atomic mass is 35.5. The average Bonchev–Trinajstić information content (AvgIpc) is 2.44. The molecule has 0 saturated heterocycles. The zero-order chi connectivity index (χ0) is 14.4. The minimum atomic E-state index is 0.333. The van der Waals surface area contributed by atoms with E-state index in [2.05, 4.69) is 36.5 Å². The third-order valence-electron chi connectivity index (χ3n) is 3.33. The maximum atomic E-state index is 6.26. The quantitative estimate of drug-likeness (QED) is 0.811. The van der Waals surface area contributed by atoms with Gasteiger partial charge in [-0.1, -0.05) is 66.5 Å². The van der Waals surface area contributed by atoms with Crippen molar-refractivity contribution >= 4 is 23.2 Å². The van der Waals surface area contributed by atoms with Crippen molar-refractivity contribution in [1.29, 1.82) is 0 Å². The molecule has 0 saturated carbocycles. The average molecular weight is 308 g/mol. The van der Waals surface area contributed by atoms with Crippen LogP contribution < -0.4 is 5.32 Å². The Bertz CT molecular complexity index is 520. The van der Waals surface area contributed by atoms with E-state index in [1.54, 1.807) is 0 Å². The lowest BCUT2D eigenvalue weighted by Crippen LogP contribution is -2.33. The molecule has 3 heteroatoms. The largest absolute Gasteiger partial charge is 0.314 e. The van der Waals surface area contributed by atoms with E-state index < -0.39 is 0 Å². The fraction of sp³-hybridized carbons (Fsp3) is 0.294. The summed E-state index contributed by atoms with van der Waals surface area (Å²) in [6.45, 7) is 3.05. The van der Waals surface area contributed by atoms with E-state index in [0.29, 0.717) is 6.04 Å². The molecular weight excluding hydrogens is 289 g/mol. The van der Waals surface area contributed by atoms with Crippen LogP contribution in [0, 0.1) is 0 Å². The number of nitrogens with one attached hydrogen (secondary N) is 1. The van der Waals surface area contributed by atoms with Gasteiger partial charge >= 0.3 is 0 Å². The normalized spacial score (nSPS) is 12.3. The lowest BCUT2D eigenvalue weighted by atomic mass is 9.99. The van der Waals surface area contributed by atoms with Crippen molar-refractivity contribution in [3.8, 4) is 0 Å². The smallest absolute Gasteiger partial charge is 0.0453 e. The third-order valence-corrected chi connectivity index (χ3v) is 4.04. The summed E-state index contributed by atoms with van der Waals surface area (Å²) in [5, 5.41) is 5.00. The van der Waals surface area contributed by atoms with Gasteiger partial charge in [0.15, 0.2) is 0 Å². The van der Waals surface area contributed by atoms with E-state index in [4.69, 9.17) is 23.2 Å². The SMILES string of the molecule is CCNC(Cc1ccccc1)Cc1c(Cl)cccc1Cl. The minimum absolute atomic E-state index is 0.333. The predicted octanol–water partition coefficient (Wildman–Crippen LogP) is 4.76. The first-order chi connectivity index (χ1) is 9.70. The molecule has 1 unspecified atom stereocenters. The lowest BCUT2D eigenvalue weighted by Gasteiger charge is -2.19. The molecule has 0 aromatic heterocycles. The predicted molar refractivity (Wildman–Crippen MR) is 87.8 cm³/mol. The molecular formula is C17H19Cl2N. The summed E-state index contributed by atoms with van der Waals surface area (Å²) in [6.07, 6.45) is 1.80. The van der Waals surface area contributed by atoms with Crippen LogP contribution in [0.4, 0.5) is 0 Å². The summed E-state index contributed by atoms with van der Waals surface area (Å²) in [5.74, 6) is 0. The van der Waals surface area contributed by atoms with Crippen LogP contribution in [0.1, 0.15) is 18.1 Å². The van der Waals surface area contributed by atoms with Crippen LogP contribution in [-0.2, 0) is 12.8 Å². The third kappa shape index (κ3) is 4.24. The molecule has 0 aliphatic carbocycles. The number of benzene rings is 2. The Balaban J connectivity index is 2.13. The van der Waals surface area contributed by atoms with Gasteiger partial charge in [-0.05, 0) is 42.6 Å². The van der Waals surface area contributed by atoms with Crippen LogP contribution in [-0.4, -0.2) is 12.6 Å². The van der Waals surface area contributed by atoms with Gasteiger partial charge in [-0.3, -0.25) is 0 Å². The summed E-state index contributed by atoms with van der Waals surface area (Å²) in [5.41, 5.74) is 2.35. The Morgan fingerprint density at radius 1 is 0.900 bits per heavy atom. The molecule has 1 atom stereocenters. The topological polar surface area (TPSA) is 12.0 Å². The van der Waals surface area contributed by atoms with E-state index in [9.17, 15) is 0 Å². The molecule has 0 spiro atoms. The van der Waals surface area contributed by atoms with Gasteiger partial charge in [-0.15, -0.1) is 0 Å². The second-order valence-corrected chi connectivity index (χ2v) is 5.66. The van der Waals surface area contributed by atoms with E-state index >= 15 is 0 Å². The lowest BCUT2D eigenvalue weighted by molar-refractivity contribution is 0.521. The maximum absolute atomic E-state index is 6.26. The van der Waals surface area contributed by atoms with Gasteiger partial charge < -0.3 is 5.32 Å². The monoisotopic (exact) mass is 307 g/mol. The summed E-state index contributed by atoms with van der Waals surface area (Å²) in [6, 6.07) is 16.5. The fourth-order valence-electron chi connectivity index (χ4n) is 2.38. The standard InChI is InChI=1S/C17H19Cl2N/c1-2-20-14(11-13-7-4-3-5-8-13)12-15-16(18)9-6-10-17(15)19/h3-10,14,20H,2,11-12H2,1H3. The van der Waals surface area contributed by atoms with Crippen molar-refractivity contribution < 1.29 is 0 Å². The number of hydrogen-bond acceptors (Lipinski definition) is 1. The number of halogens is 2. The van der Waals surface area contributed by atoms with Crippen molar-refractivity contribution in [1.82, 2.24) is 5.32 Å². The van der Waals surface area contributed by atoms with Crippen molar-refractivity contribution in [3.05, 3.63) is 69.7 Å². The summed E-state index contributed by atoms with van der Waals surface area (Å²) in [7, 11) is 0. The van der Waals surface area contributed by atoms with Crippen molar-refractivity contribution in [2.75, 3.05) is 6.54 Å². The van der Waals surface area contributed by atoms with Crippen LogP contribution >= 0.6 is 23.2 Å². The van der Waals surface area contributed by atoms with Crippen LogP contribution in [0.15, 0.2) is 48.5 Å². The molecule has 0 fully saturated rings. The second kappa shape index (κ2) is 7.68. The Kier molecular flexibility index (Phi) is 5.90. The zero-order valence-electron chi connectivity index (χ0n) is 11.6. The molecule has 0 aliphatic heterocycles. The Hall–Kier alpha value is -1.02. The van der Waals surface area contributed by atoms with Crippen molar-refractivity contribution in [2.24, 2.45) is 0 Å². The zero-order valence-corrected chi connectivity index (χ0v) is 13.1. The number of hydrogen-bond donors (Lipinski definition) is 1. The first-order valence-corrected chi connectivity index (χ1v) is 7.66. The highest BCUT2D eigenvalue weighted by Crippen LogP contribution is 2.26. The second-order valence-electron chi connectivity index (χ2n) is 4.85. The molecule has 1 nitrogen and oxygen atoms in total. The van der Waals surface area contributed by atoms with E-state index in [1.807, 2.05) is 24.3 Å². The summed E-state index contributed by atoms with van der Waals surface area (Å²) < 4.78 is 0. The minimum Gasteiger partial charge on any atom is -0.314 e.